The molecule has 2 N–H and O–H groups in total. The van der Waals surface area contributed by atoms with Crippen LogP contribution in [0.3, 0.4) is 0 Å². The van der Waals surface area contributed by atoms with Crippen LogP contribution in [0.4, 0.5) is 23.8 Å². The summed E-state index contributed by atoms with van der Waals surface area (Å²) in [5, 5.41) is 7.33. The lowest BCUT2D eigenvalue weighted by molar-refractivity contribution is 0.707. The largest absolute Gasteiger partial charge is 0.357 e. The Morgan fingerprint density at radius 1 is 0.562 bits per heavy atom. The molecular formula is C20H36N10S2. The molecule has 2 rings (SSSR count). The summed E-state index contributed by atoms with van der Waals surface area (Å²) in [6.45, 7) is 12.3. The fourth-order valence-electron chi connectivity index (χ4n) is 3.05. The van der Waals surface area contributed by atoms with E-state index in [1.807, 2.05) is 14.1 Å². The summed E-state index contributed by atoms with van der Waals surface area (Å²) in [5.74, 6) is 2.50. The van der Waals surface area contributed by atoms with Crippen LogP contribution in [-0.2, 0) is 0 Å². The second-order valence-corrected chi connectivity index (χ2v) is 9.19. The number of hydrogen-bond donors (Lipinski definition) is 2. The van der Waals surface area contributed by atoms with Crippen molar-refractivity contribution in [3.63, 3.8) is 0 Å². The van der Waals surface area contributed by atoms with Crippen LogP contribution in [-0.4, -0.2) is 70.2 Å². The second kappa shape index (κ2) is 14.1. The summed E-state index contributed by atoms with van der Waals surface area (Å²) in [7, 11) is 6.49. The van der Waals surface area contributed by atoms with Crippen molar-refractivity contribution >= 4 is 45.4 Å². The Kier molecular flexibility index (Phi) is 11.6. The second-order valence-electron chi connectivity index (χ2n) is 7.12. The number of rotatable bonds is 15. The van der Waals surface area contributed by atoms with Gasteiger partial charge in [-0.3, -0.25) is 0 Å². The third-order valence-corrected chi connectivity index (χ3v) is 6.27. The number of aromatic nitrogens is 6. The van der Waals surface area contributed by atoms with Crippen molar-refractivity contribution in [3.8, 4) is 0 Å². The van der Waals surface area contributed by atoms with Gasteiger partial charge in [0.2, 0.25) is 34.1 Å². The molecule has 0 bridgehead atoms. The van der Waals surface area contributed by atoms with E-state index in [2.05, 4.69) is 68.1 Å². The average Bonchev–Trinajstić information content (AvgIpc) is 2.82. The van der Waals surface area contributed by atoms with Crippen LogP contribution in [0, 0.1) is 0 Å². The normalized spacial score (nSPS) is 10.8. The minimum Gasteiger partial charge on any atom is -0.357 e. The molecule has 0 aromatic carbocycles. The van der Waals surface area contributed by atoms with Crippen LogP contribution in [0.1, 0.15) is 53.4 Å². The maximum absolute atomic E-state index is 4.70. The maximum Gasteiger partial charge on any atom is 0.231 e. The first-order valence-electron chi connectivity index (χ1n) is 11.3. The van der Waals surface area contributed by atoms with Gasteiger partial charge in [-0.2, -0.15) is 29.9 Å². The number of anilines is 4. The van der Waals surface area contributed by atoms with Gasteiger partial charge in [-0.25, -0.2) is 0 Å². The SMILES string of the molecule is CCCN(CCC)c1nc(NC)nc(SSc2nc(NC)nc(N(CCC)CCC)n2)n1. The number of nitrogens with zero attached hydrogens (tertiary/aromatic N) is 8. The topological polar surface area (TPSA) is 108 Å². The lowest BCUT2D eigenvalue weighted by atomic mass is 10.4. The minimum atomic E-state index is 0.555. The lowest BCUT2D eigenvalue weighted by Gasteiger charge is -2.22. The van der Waals surface area contributed by atoms with Gasteiger partial charge < -0.3 is 20.4 Å². The summed E-state index contributed by atoms with van der Waals surface area (Å²) in [6, 6.07) is 0. The number of nitrogens with one attached hydrogen (secondary N) is 2. The van der Waals surface area contributed by atoms with Crippen LogP contribution < -0.4 is 20.4 Å². The van der Waals surface area contributed by atoms with Crippen molar-refractivity contribution < 1.29 is 0 Å². The first kappa shape index (κ1) is 26.2. The molecule has 2 aromatic rings. The average molecular weight is 481 g/mol. The van der Waals surface area contributed by atoms with Gasteiger partial charge in [-0.15, -0.1) is 0 Å². The molecule has 0 aliphatic heterocycles. The van der Waals surface area contributed by atoms with Crippen molar-refractivity contribution in [3.05, 3.63) is 0 Å². The fraction of sp³-hybridized carbons (Fsp3) is 0.700. The molecule has 0 aliphatic carbocycles. The van der Waals surface area contributed by atoms with Crippen LogP contribution in [0.2, 0.25) is 0 Å². The van der Waals surface area contributed by atoms with Crippen LogP contribution in [0.5, 0.6) is 0 Å². The van der Waals surface area contributed by atoms with Crippen LogP contribution >= 0.6 is 21.6 Å². The highest BCUT2D eigenvalue weighted by Gasteiger charge is 2.16. The molecule has 0 amide bonds. The zero-order valence-electron chi connectivity index (χ0n) is 20.1. The highest BCUT2D eigenvalue weighted by molar-refractivity contribution is 8.76. The van der Waals surface area contributed by atoms with Gasteiger partial charge in [0.1, 0.15) is 0 Å². The Bertz CT molecular complexity index is 743. The van der Waals surface area contributed by atoms with Crippen LogP contribution in [0.15, 0.2) is 10.3 Å². The highest BCUT2D eigenvalue weighted by Crippen LogP contribution is 2.35. The zero-order chi connectivity index (χ0) is 23.3. The molecule has 10 nitrogen and oxygen atoms in total. The quantitative estimate of drug-likeness (QED) is 0.357. The molecule has 178 valence electrons. The van der Waals surface area contributed by atoms with Gasteiger partial charge in [0.15, 0.2) is 0 Å². The summed E-state index contributed by atoms with van der Waals surface area (Å²) in [4.78, 5) is 32.0. The fourth-order valence-corrected chi connectivity index (χ4v) is 4.58. The van der Waals surface area contributed by atoms with E-state index in [1.54, 1.807) is 0 Å². The molecule has 0 aliphatic rings. The van der Waals surface area contributed by atoms with Crippen molar-refractivity contribution in [2.24, 2.45) is 0 Å². The molecule has 0 radical (unpaired) electrons. The minimum absolute atomic E-state index is 0.555. The number of hydrogen-bond acceptors (Lipinski definition) is 12. The molecule has 0 saturated carbocycles. The Hall–Kier alpha value is -2.08. The van der Waals surface area contributed by atoms with Gasteiger partial charge in [0.25, 0.3) is 0 Å². The van der Waals surface area contributed by atoms with Gasteiger partial charge >= 0.3 is 0 Å². The monoisotopic (exact) mass is 480 g/mol. The van der Waals surface area contributed by atoms with E-state index in [9.17, 15) is 0 Å². The molecule has 12 heteroatoms. The molecule has 0 fully saturated rings. The van der Waals surface area contributed by atoms with Gasteiger partial charge in [-0.05, 0) is 47.3 Å². The van der Waals surface area contributed by atoms with Gasteiger partial charge in [-0.1, -0.05) is 27.7 Å². The van der Waals surface area contributed by atoms with Crippen molar-refractivity contribution in [2.75, 3.05) is 60.7 Å². The first-order valence-corrected chi connectivity index (χ1v) is 13.4. The highest BCUT2D eigenvalue weighted by atomic mass is 33.1. The molecule has 2 heterocycles. The van der Waals surface area contributed by atoms with Crippen molar-refractivity contribution in [1.82, 2.24) is 29.9 Å². The van der Waals surface area contributed by atoms with Crippen LogP contribution in [0.25, 0.3) is 0 Å². The predicted molar refractivity (Wildman–Crippen MR) is 136 cm³/mol. The van der Waals surface area contributed by atoms with E-state index in [-0.39, 0.29) is 0 Å². The van der Waals surface area contributed by atoms with Gasteiger partial charge in [0.05, 0.1) is 0 Å². The molecule has 0 saturated heterocycles. The van der Waals surface area contributed by atoms with E-state index in [4.69, 9.17) is 9.97 Å². The maximum atomic E-state index is 4.70. The summed E-state index contributed by atoms with van der Waals surface area (Å²) >= 11 is 0. The van der Waals surface area contributed by atoms with E-state index < -0.39 is 0 Å². The molecule has 2 aromatic heterocycles. The molecule has 32 heavy (non-hydrogen) atoms. The van der Waals surface area contributed by atoms with Crippen molar-refractivity contribution in [2.45, 2.75) is 63.7 Å². The predicted octanol–water partition coefficient (Wildman–Crippen LogP) is 4.19. The Morgan fingerprint density at radius 2 is 0.906 bits per heavy atom. The van der Waals surface area contributed by atoms with Crippen molar-refractivity contribution in [1.29, 1.82) is 0 Å². The summed E-state index contributed by atoms with van der Waals surface area (Å²) in [6.07, 6.45) is 4.13. The van der Waals surface area contributed by atoms with E-state index in [1.165, 1.54) is 21.6 Å². The Morgan fingerprint density at radius 3 is 1.19 bits per heavy atom. The molecule has 0 atom stereocenters. The first-order chi connectivity index (χ1) is 15.6. The molecule has 0 unspecified atom stereocenters. The third kappa shape index (κ3) is 7.80. The Balaban J connectivity index is 2.26. The standard InChI is InChI=1S/C20H36N10S2/c1-7-11-29(12-8-2)17-23-15(21-5)25-19(27-17)31-32-20-26-16(22-6)24-18(28-20)30(13-9-3)14-10-4/h7-14H2,1-6H3,(H,21,23,25,27)(H,22,24,26,28). The zero-order valence-corrected chi connectivity index (χ0v) is 21.7. The van der Waals surface area contributed by atoms with Gasteiger partial charge in [0, 0.05) is 40.3 Å². The molecular weight excluding hydrogens is 444 g/mol. The summed E-state index contributed by atoms with van der Waals surface area (Å²) < 4.78 is 0. The van der Waals surface area contributed by atoms with E-state index in [0.717, 1.165) is 51.9 Å². The third-order valence-electron chi connectivity index (χ3n) is 4.38. The molecule has 0 spiro atoms. The Labute approximate surface area is 199 Å². The lowest BCUT2D eigenvalue weighted by Crippen LogP contribution is -2.27. The summed E-state index contributed by atoms with van der Waals surface area (Å²) in [5.41, 5.74) is 0. The smallest absolute Gasteiger partial charge is 0.231 e. The van der Waals surface area contributed by atoms with E-state index in [0.29, 0.717) is 34.1 Å². The van der Waals surface area contributed by atoms with E-state index >= 15 is 0 Å².